The number of likely N-dealkylation sites (N-methyl/N-ethyl adjacent to an activating group) is 1. The van der Waals surface area contributed by atoms with Crippen molar-refractivity contribution in [2.45, 2.75) is 32.9 Å². The van der Waals surface area contributed by atoms with Crippen molar-refractivity contribution in [1.29, 1.82) is 0 Å². The molecule has 136 valence electrons. The highest BCUT2D eigenvalue weighted by atomic mass is 127. The van der Waals surface area contributed by atoms with E-state index in [1.807, 2.05) is 13.8 Å². The molecule has 1 unspecified atom stereocenters. The van der Waals surface area contributed by atoms with E-state index in [1.54, 1.807) is 21.0 Å². The highest BCUT2D eigenvalue weighted by Crippen LogP contribution is 2.15. The third-order valence-corrected chi connectivity index (χ3v) is 3.09. The van der Waals surface area contributed by atoms with Gasteiger partial charge in [0.15, 0.2) is 17.6 Å². The summed E-state index contributed by atoms with van der Waals surface area (Å²) in [6.45, 7) is 5.68. The first-order valence-electron chi connectivity index (χ1n) is 7.43. The van der Waals surface area contributed by atoms with Crippen LogP contribution in [0.5, 0.6) is 0 Å². The number of carbonyl (C=O) groups excluding carboxylic acids is 1. The molecular formula is C16H25F2IN4O. The average molecular weight is 454 g/mol. The van der Waals surface area contributed by atoms with Crippen molar-refractivity contribution in [2.75, 3.05) is 20.6 Å². The zero-order valence-electron chi connectivity index (χ0n) is 14.6. The molecule has 0 aliphatic carbocycles. The van der Waals surface area contributed by atoms with Crippen LogP contribution in [-0.2, 0) is 4.79 Å². The standard InChI is InChI=1S/C16H24F2N4O.HI/c1-10(2)20-16(19-9-15(23)22(4)5)21-11(3)12-6-7-13(17)14(18)8-12;/h6-8,10-11H,9H2,1-5H3,(H2,19,20,21);1H. The Hall–Kier alpha value is -1.45. The van der Waals surface area contributed by atoms with Crippen LogP contribution in [0.4, 0.5) is 8.78 Å². The third kappa shape index (κ3) is 7.41. The van der Waals surface area contributed by atoms with Crippen molar-refractivity contribution < 1.29 is 13.6 Å². The highest BCUT2D eigenvalue weighted by Gasteiger charge is 2.12. The van der Waals surface area contributed by atoms with Gasteiger partial charge in [0.05, 0.1) is 6.04 Å². The summed E-state index contributed by atoms with van der Waals surface area (Å²) in [5.74, 6) is -1.47. The van der Waals surface area contributed by atoms with Gasteiger partial charge in [-0.1, -0.05) is 6.07 Å². The first-order valence-corrected chi connectivity index (χ1v) is 7.43. The van der Waals surface area contributed by atoms with Crippen LogP contribution >= 0.6 is 24.0 Å². The number of amides is 1. The van der Waals surface area contributed by atoms with Gasteiger partial charge in [-0.3, -0.25) is 4.79 Å². The lowest BCUT2D eigenvalue weighted by atomic mass is 10.1. The smallest absolute Gasteiger partial charge is 0.243 e. The fraction of sp³-hybridized carbons (Fsp3) is 0.500. The molecule has 0 radical (unpaired) electrons. The van der Waals surface area contributed by atoms with Gasteiger partial charge in [0.1, 0.15) is 6.54 Å². The van der Waals surface area contributed by atoms with Gasteiger partial charge in [-0.25, -0.2) is 13.8 Å². The minimum Gasteiger partial charge on any atom is -0.354 e. The average Bonchev–Trinajstić information content (AvgIpc) is 2.46. The molecule has 0 spiro atoms. The SMILES string of the molecule is CC(C)NC(=NCC(=O)N(C)C)NC(C)c1ccc(F)c(F)c1.I. The number of nitrogens with one attached hydrogen (secondary N) is 2. The highest BCUT2D eigenvalue weighted by molar-refractivity contribution is 14.0. The molecule has 1 atom stereocenters. The van der Waals surface area contributed by atoms with E-state index in [9.17, 15) is 13.6 Å². The Bertz CT molecular complexity index is 579. The Morgan fingerprint density at radius 3 is 2.29 bits per heavy atom. The van der Waals surface area contributed by atoms with Gasteiger partial charge in [0, 0.05) is 20.1 Å². The Balaban J connectivity index is 0.00000529. The summed E-state index contributed by atoms with van der Waals surface area (Å²) in [7, 11) is 3.31. The zero-order valence-corrected chi connectivity index (χ0v) is 16.9. The van der Waals surface area contributed by atoms with Crippen molar-refractivity contribution in [3.05, 3.63) is 35.4 Å². The number of carbonyl (C=O) groups is 1. The molecule has 1 aromatic carbocycles. The lowest BCUT2D eigenvalue weighted by molar-refractivity contribution is -0.127. The molecule has 0 bridgehead atoms. The summed E-state index contributed by atoms with van der Waals surface area (Å²) in [4.78, 5) is 17.3. The van der Waals surface area contributed by atoms with E-state index in [0.717, 1.165) is 12.1 Å². The molecule has 8 heteroatoms. The van der Waals surface area contributed by atoms with Gasteiger partial charge in [0.25, 0.3) is 0 Å². The fourth-order valence-corrected chi connectivity index (χ4v) is 1.76. The summed E-state index contributed by atoms with van der Waals surface area (Å²) < 4.78 is 26.3. The normalized spacial score (nSPS) is 12.4. The molecule has 0 fully saturated rings. The predicted molar refractivity (Wildman–Crippen MR) is 103 cm³/mol. The minimum absolute atomic E-state index is 0. The van der Waals surface area contributed by atoms with E-state index in [2.05, 4.69) is 15.6 Å². The molecule has 0 heterocycles. The second kappa shape index (κ2) is 10.4. The molecule has 1 amide bonds. The van der Waals surface area contributed by atoms with E-state index in [1.165, 1.54) is 11.0 Å². The monoisotopic (exact) mass is 454 g/mol. The Labute approximate surface area is 158 Å². The van der Waals surface area contributed by atoms with E-state index < -0.39 is 11.6 Å². The van der Waals surface area contributed by atoms with Crippen molar-refractivity contribution in [1.82, 2.24) is 15.5 Å². The number of benzene rings is 1. The molecule has 1 rings (SSSR count). The van der Waals surface area contributed by atoms with Crippen LogP contribution in [0.2, 0.25) is 0 Å². The van der Waals surface area contributed by atoms with Gasteiger partial charge in [-0.2, -0.15) is 0 Å². The largest absolute Gasteiger partial charge is 0.354 e. The maximum Gasteiger partial charge on any atom is 0.243 e. The van der Waals surface area contributed by atoms with E-state index in [4.69, 9.17) is 0 Å². The van der Waals surface area contributed by atoms with Crippen LogP contribution in [0.1, 0.15) is 32.4 Å². The molecule has 0 saturated heterocycles. The quantitative estimate of drug-likeness (QED) is 0.409. The number of halogens is 3. The Morgan fingerprint density at radius 1 is 1.17 bits per heavy atom. The van der Waals surface area contributed by atoms with Crippen LogP contribution in [0, 0.1) is 11.6 Å². The molecule has 1 aromatic rings. The Morgan fingerprint density at radius 2 is 1.79 bits per heavy atom. The molecule has 0 aliphatic rings. The summed E-state index contributed by atoms with van der Waals surface area (Å²) >= 11 is 0. The topological polar surface area (TPSA) is 56.7 Å². The number of rotatable bonds is 5. The minimum atomic E-state index is -0.894. The van der Waals surface area contributed by atoms with Crippen molar-refractivity contribution in [3.63, 3.8) is 0 Å². The number of hydrogen-bond donors (Lipinski definition) is 2. The van der Waals surface area contributed by atoms with Gasteiger partial charge in [-0.05, 0) is 38.5 Å². The molecule has 24 heavy (non-hydrogen) atoms. The number of nitrogens with zero attached hydrogens (tertiary/aromatic N) is 2. The second-order valence-electron chi connectivity index (χ2n) is 5.79. The van der Waals surface area contributed by atoms with Crippen LogP contribution in [0.15, 0.2) is 23.2 Å². The zero-order chi connectivity index (χ0) is 17.6. The fourth-order valence-electron chi connectivity index (χ4n) is 1.76. The van der Waals surface area contributed by atoms with Gasteiger partial charge in [-0.15, -0.1) is 24.0 Å². The molecule has 2 N–H and O–H groups in total. The molecule has 0 saturated carbocycles. The lowest BCUT2D eigenvalue weighted by Crippen LogP contribution is -2.43. The van der Waals surface area contributed by atoms with Gasteiger partial charge in [0.2, 0.25) is 5.91 Å². The maximum atomic E-state index is 13.3. The van der Waals surface area contributed by atoms with Crippen molar-refractivity contribution >= 4 is 35.8 Å². The van der Waals surface area contributed by atoms with Crippen molar-refractivity contribution in [3.8, 4) is 0 Å². The summed E-state index contributed by atoms with van der Waals surface area (Å²) in [6, 6.07) is 3.54. The van der Waals surface area contributed by atoms with Crippen LogP contribution in [0.25, 0.3) is 0 Å². The van der Waals surface area contributed by atoms with E-state index in [-0.39, 0.29) is 48.5 Å². The molecule has 0 aliphatic heterocycles. The van der Waals surface area contributed by atoms with E-state index >= 15 is 0 Å². The first-order chi connectivity index (χ1) is 10.7. The Kier molecular flexibility index (Phi) is 9.79. The molecule has 0 aromatic heterocycles. The van der Waals surface area contributed by atoms with Gasteiger partial charge < -0.3 is 15.5 Å². The van der Waals surface area contributed by atoms with Gasteiger partial charge >= 0.3 is 0 Å². The predicted octanol–water partition coefficient (Wildman–Crippen LogP) is 2.68. The maximum absolute atomic E-state index is 13.3. The van der Waals surface area contributed by atoms with E-state index in [0.29, 0.717) is 11.5 Å². The molecular weight excluding hydrogens is 429 g/mol. The van der Waals surface area contributed by atoms with Crippen LogP contribution in [0.3, 0.4) is 0 Å². The molecule has 5 nitrogen and oxygen atoms in total. The lowest BCUT2D eigenvalue weighted by Gasteiger charge is -2.20. The van der Waals surface area contributed by atoms with Crippen molar-refractivity contribution in [2.24, 2.45) is 4.99 Å². The first kappa shape index (κ1) is 22.6. The summed E-state index contributed by atoms with van der Waals surface area (Å²) in [5, 5.41) is 6.19. The number of hydrogen-bond acceptors (Lipinski definition) is 2. The third-order valence-electron chi connectivity index (χ3n) is 3.09. The number of aliphatic imine (C=N–C) groups is 1. The second-order valence-corrected chi connectivity index (χ2v) is 5.79. The number of guanidine groups is 1. The van der Waals surface area contributed by atoms with Crippen LogP contribution < -0.4 is 10.6 Å². The summed E-state index contributed by atoms with van der Waals surface area (Å²) in [5.41, 5.74) is 0.584. The summed E-state index contributed by atoms with van der Waals surface area (Å²) in [6.07, 6.45) is 0. The van der Waals surface area contributed by atoms with Crippen LogP contribution in [-0.4, -0.2) is 43.4 Å².